The molecule has 4 heteroatoms. The normalized spacial score (nSPS) is 12.7. The van der Waals surface area contributed by atoms with Gasteiger partial charge in [-0.3, -0.25) is 0 Å². The number of carbonyl (C=O) groups excluding carboxylic acids is 1. The Kier molecular flexibility index (Phi) is 6.32. The molecule has 0 bridgehead atoms. The minimum Gasteiger partial charge on any atom is -0.394 e. The summed E-state index contributed by atoms with van der Waals surface area (Å²) >= 11 is 0. The van der Waals surface area contributed by atoms with Gasteiger partial charge in [-0.2, -0.15) is 0 Å². The maximum absolute atomic E-state index is 11.1. The predicted molar refractivity (Wildman–Crippen MR) is 52.5 cm³/mol. The Morgan fingerprint density at radius 2 is 2.00 bits per heavy atom. The second-order valence-electron chi connectivity index (χ2n) is 3.67. The van der Waals surface area contributed by atoms with Crippen molar-refractivity contribution in [2.45, 2.75) is 33.2 Å². The van der Waals surface area contributed by atoms with Crippen molar-refractivity contribution in [3.8, 4) is 0 Å². The van der Waals surface area contributed by atoms with Crippen molar-refractivity contribution in [1.82, 2.24) is 10.6 Å². The maximum atomic E-state index is 11.1. The van der Waals surface area contributed by atoms with Crippen LogP contribution in [-0.4, -0.2) is 30.3 Å². The van der Waals surface area contributed by atoms with Crippen LogP contribution in [-0.2, 0) is 0 Å². The van der Waals surface area contributed by atoms with Gasteiger partial charge in [-0.15, -0.1) is 0 Å². The zero-order valence-corrected chi connectivity index (χ0v) is 8.63. The van der Waals surface area contributed by atoms with Gasteiger partial charge in [-0.05, 0) is 19.3 Å². The molecule has 0 aromatic carbocycles. The fourth-order valence-electron chi connectivity index (χ4n) is 0.795. The summed E-state index contributed by atoms with van der Waals surface area (Å²) in [6, 6.07) is -0.388. The van der Waals surface area contributed by atoms with Crippen LogP contribution >= 0.6 is 0 Å². The second-order valence-corrected chi connectivity index (χ2v) is 3.67. The molecule has 0 saturated heterocycles. The number of hydrogen-bond donors (Lipinski definition) is 3. The van der Waals surface area contributed by atoms with Gasteiger partial charge >= 0.3 is 6.03 Å². The van der Waals surface area contributed by atoms with Crippen LogP contribution in [0.4, 0.5) is 4.79 Å². The number of carbonyl (C=O) groups is 1. The summed E-state index contributed by atoms with van der Waals surface area (Å²) < 4.78 is 0. The van der Waals surface area contributed by atoms with Crippen molar-refractivity contribution in [2.75, 3.05) is 13.2 Å². The van der Waals surface area contributed by atoms with Gasteiger partial charge in [-0.1, -0.05) is 13.8 Å². The number of rotatable bonds is 5. The molecule has 2 amide bonds. The van der Waals surface area contributed by atoms with Gasteiger partial charge in [0.2, 0.25) is 0 Å². The average Bonchev–Trinajstić information content (AvgIpc) is 2.03. The van der Waals surface area contributed by atoms with E-state index in [-0.39, 0.29) is 18.7 Å². The highest BCUT2D eigenvalue weighted by Gasteiger charge is 2.04. The molecular formula is C9H20N2O2. The van der Waals surface area contributed by atoms with Crippen LogP contribution < -0.4 is 10.6 Å². The van der Waals surface area contributed by atoms with E-state index >= 15 is 0 Å². The summed E-state index contributed by atoms with van der Waals surface area (Å²) in [4.78, 5) is 11.1. The van der Waals surface area contributed by atoms with Crippen LogP contribution in [0, 0.1) is 5.92 Å². The van der Waals surface area contributed by atoms with Crippen LogP contribution in [0.15, 0.2) is 0 Å². The fraction of sp³-hybridized carbons (Fsp3) is 0.889. The SMILES string of the molecule is CC(C)CCNC(=O)N[C@@H](C)CO. The van der Waals surface area contributed by atoms with Gasteiger partial charge in [0.1, 0.15) is 0 Å². The summed E-state index contributed by atoms with van der Waals surface area (Å²) in [5, 5.41) is 14.0. The molecule has 0 spiro atoms. The molecule has 0 saturated carbocycles. The number of urea groups is 1. The fourth-order valence-corrected chi connectivity index (χ4v) is 0.795. The number of aliphatic hydroxyl groups is 1. The van der Waals surface area contributed by atoms with Crippen LogP contribution in [0.1, 0.15) is 27.2 Å². The molecule has 0 aliphatic carbocycles. The molecule has 0 aromatic rings. The third-order valence-electron chi connectivity index (χ3n) is 1.66. The van der Waals surface area contributed by atoms with E-state index in [4.69, 9.17) is 5.11 Å². The Morgan fingerprint density at radius 1 is 1.38 bits per heavy atom. The first-order chi connectivity index (χ1) is 6.06. The molecular weight excluding hydrogens is 168 g/mol. The maximum Gasteiger partial charge on any atom is 0.315 e. The zero-order chi connectivity index (χ0) is 10.3. The summed E-state index contributed by atoms with van der Waals surface area (Å²) in [6.07, 6.45) is 0.973. The minimum absolute atomic E-state index is 0.0302. The van der Waals surface area contributed by atoms with Gasteiger partial charge < -0.3 is 15.7 Å². The van der Waals surface area contributed by atoms with E-state index in [0.29, 0.717) is 12.5 Å². The third kappa shape index (κ3) is 7.59. The standard InChI is InChI=1S/C9H20N2O2/c1-7(2)4-5-10-9(13)11-8(3)6-12/h7-8,12H,4-6H2,1-3H3,(H2,10,11,13)/t8-/m0/s1. The second kappa shape index (κ2) is 6.71. The highest BCUT2D eigenvalue weighted by molar-refractivity contribution is 5.74. The van der Waals surface area contributed by atoms with Gasteiger partial charge in [0.05, 0.1) is 12.6 Å². The topological polar surface area (TPSA) is 61.4 Å². The van der Waals surface area contributed by atoms with Crippen LogP contribution in [0.5, 0.6) is 0 Å². The Bertz CT molecular complexity index is 149. The first-order valence-corrected chi connectivity index (χ1v) is 4.71. The van der Waals surface area contributed by atoms with Gasteiger partial charge in [0.25, 0.3) is 0 Å². The van der Waals surface area contributed by atoms with Crippen molar-refractivity contribution >= 4 is 6.03 Å². The van der Waals surface area contributed by atoms with Crippen LogP contribution in [0.3, 0.4) is 0 Å². The number of amides is 2. The molecule has 0 aromatic heterocycles. The minimum atomic E-state index is -0.206. The number of nitrogens with one attached hydrogen (secondary N) is 2. The molecule has 0 heterocycles. The van der Waals surface area contributed by atoms with Crippen molar-refractivity contribution in [3.63, 3.8) is 0 Å². The van der Waals surface area contributed by atoms with Crippen molar-refractivity contribution in [3.05, 3.63) is 0 Å². The molecule has 0 rings (SSSR count). The van der Waals surface area contributed by atoms with Crippen LogP contribution in [0.2, 0.25) is 0 Å². The lowest BCUT2D eigenvalue weighted by atomic mass is 10.1. The summed E-state index contributed by atoms with van der Waals surface area (Å²) in [6.45, 7) is 6.62. The highest BCUT2D eigenvalue weighted by Crippen LogP contribution is 1.95. The zero-order valence-electron chi connectivity index (χ0n) is 8.63. The van der Waals surface area contributed by atoms with E-state index in [2.05, 4.69) is 24.5 Å². The average molecular weight is 188 g/mol. The van der Waals surface area contributed by atoms with E-state index in [1.165, 1.54) is 0 Å². The van der Waals surface area contributed by atoms with E-state index in [1.807, 2.05) is 0 Å². The van der Waals surface area contributed by atoms with Crippen molar-refractivity contribution in [2.24, 2.45) is 5.92 Å². The summed E-state index contributed by atoms with van der Waals surface area (Å²) in [5.74, 6) is 0.593. The molecule has 4 nitrogen and oxygen atoms in total. The van der Waals surface area contributed by atoms with E-state index < -0.39 is 0 Å². The molecule has 13 heavy (non-hydrogen) atoms. The smallest absolute Gasteiger partial charge is 0.315 e. The lowest BCUT2D eigenvalue weighted by Gasteiger charge is -2.12. The largest absolute Gasteiger partial charge is 0.394 e. The molecule has 3 N–H and O–H groups in total. The Balaban J connectivity index is 3.41. The first kappa shape index (κ1) is 12.2. The summed E-state index contributed by atoms with van der Waals surface area (Å²) in [7, 11) is 0. The molecule has 0 radical (unpaired) electrons. The van der Waals surface area contributed by atoms with Crippen LogP contribution in [0.25, 0.3) is 0 Å². The van der Waals surface area contributed by atoms with Gasteiger partial charge in [0.15, 0.2) is 0 Å². The van der Waals surface area contributed by atoms with Crippen molar-refractivity contribution < 1.29 is 9.90 Å². The third-order valence-corrected chi connectivity index (χ3v) is 1.66. The lowest BCUT2D eigenvalue weighted by Crippen LogP contribution is -2.42. The molecule has 0 aliphatic rings. The molecule has 0 fully saturated rings. The predicted octanol–water partition coefficient (Wildman–Crippen LogP) is 0.712. The van der Waals surface area contributed by atoms with Crippen molar-refractivity contribution in [1.29, 1.82) is 0 Å². The quantitative estimate of drug-likeness (QED) is 0.595. The molecule has 1 atom stereocenters. The monoisotopic (exact) mass is 188 g/mol. The van der Waals surface area contributed by atoms with E-state index in [9.17, 15) is 4.79 Å². The Hall–Kier alpha value is -0.770. The van der Waals surface area contributed by atoms with Gasteiger partial charge in [0, 0.05) is 6.54 Å². The Morgan fingerprint density at radius 3 is 2.46 bits per heavy atom. The number of aliphatic hydroxyl groups excluding tert-OH is 1. The summed E-state index contributed by atoms with van der Waals surface area (Å²) in [5.41, 5.74) is 0. The molecule has 0 unspecified atom stereocenters. The highest BCUT2D eigenvalue weighted by atomic mass is 16.3. The van der Waals surface area contributed by atoms with E-state index in [1.54, 1.807) is 6.92 Å². The first-order valence-electron chi connectivity index (χ1n) is 4.71. The number of hydrogen-bond acceptors (Lipinski definition) is 2. The Labute approximate surface area is 79.7 Å². The van der Waals surface area contributed by atoms with E-state index in [0.717, 1.165) is 6.42 Å². The van der Waals surface area contributed by atoms with Gasteiger partial charge in [-0.25, -0.2) is 4.79 Å². The molecule has 0 aliphatic heterocycles. The molecule has 78 valence electrons. The lowest BCUT2D eigenvalue weighted by molar-refractivity contribution is 0.220.